The van der Waals surface area contributed by atoms with Gasteiger partial charge in [-0.05, 0) is 55.7 Å². The number of nitrogens with zero attached hydrogens (tertiary/aromatic N) is 3. The standard InChI is InChI=1S/C24H25FN6O2/c25-16-2-1-14-11-21(27-20(14)12-16)24(32)31-8-5-15(13-31)19-4-3-18-22(29-30-23(18)28-19)26-17-6-9-33-10-7-17/h1-4,11-12,15,17,27H,5-10,13H2,(H2,26,28,29,30)/t15-/m0/s1. The molecule has 2 aliphatic heterocycles. The Balaban J connectivity index is 1.16. The molecule has 0 bridgehead atoms. The van der Waals surface area contributed by atoms with Crippen molar-refractivity contribution in [2.45, 2.75) is 31.2 Å². The highest BCUT2D eigenvalue weighted by molar-refractivity contribution is 5.98. The van der Waals surface area contributed by atoms with Crippen LogP contribution in [0.4, 0.5) is 10.2 Å². The van der Waals surface area contributed by atoms with Gasteiger partial charge in [0, 0.05) is 54.9 Å². The predicted molar refractivity (Wildman–Crippen MR) is 123 cm³/mol. The molecule has 5 heterocycles. The van der Waals surface area contributed by atoms with Crippen LogP contribution in [0.3, 0.4) is 0 Å². The van der Waals surface area contributed by atoms with Crippen LogP contribution in [0.2, 0.25) is 0 Å². The Labute approximate surface area is 189 Å². The number of carbonyl (C=O) groups excluding carboxylic acids is 1. The molecule has 6 rings (SSSR count). The average molecular weight is 449 g/mol. The van der Waals surface area contributed by atoms with E-state index in [0.29, 0.717) is 30.3 Å². The lowest BCUT2D eigenvalue weighted by Gasteiger charge is -2.23. The van der Waals surface area contributed by atoms with E-state index < -0.39 is 0 Å². The predicted octanol–water partition coefficient (Wildman–Crippen LogP) is 3.80. The summed E-state index contributed by atoms with van der Waals surface area (Å²) in [5, 5.41) is 12.8. The molecule has 33 heavy (non-hydrogen) atoms. The van der Waals surface area contributed by atoms with Gasteiger partial charge in [-0.1, -0.05) is 0 Å². The highest BCUT2D eigenvalue weighted by atomic mass is 19.1. The number of rotatable bonds is 4. The number of likely N-dealkylation sites (tertiary alicyclic amines) is 1. The topological polar surface area (TPSA) is 98.9 Å². The van der Waals surface area contributed by atoms with E-state index in [1.54, 1.807) is 12.1 Å². The summed E-state index contributed by atoms with van der Waals surface area (Å²) >= 11 is 0. The molecule has 1 atom stereocenters. The van der Waals surface area contributed by atoms with Crippen LogP contribution >= 0.6 is 0 Å². The van der Waals surface area contributed by atoms with Crippen LogP contribution in [0.5, 0.6) is 0 Å². The van der Waals surface area contributed by atoms with Gasteiger partial charge in [-0.2, -0.15) is 5.10 Å². The second-order valence-electron chi connectivity index (χ2n) is 8.89. The van der Waals surface area contributed by atoms with Crippen LogP contribution in [0.1, 0.15) is 41.4 Å². The van der Waals surface area contributed by atoms with Crippen LogP contribution in [0, 0.1) is 5.82 Å². The monoisotopic (exact) mass is 448 g/mol. The number of anilines is 1. The lowest BCUT2D eigenvalue weighted by molar-refractivity contribution is 0.0786. The molecular formula is C24H25FN6O2. The summed E-state index contributed by atoms with van der Waals surface area (Å²) in [5.74, 6) is 0.598. The summed E-state index contributed by atoms with van der Waals surface area (Å²) in [6.07, 6.45) is 2.79. The normalized spacial score (nSPS) is 19.5. The summed E-state index contributed by atoms with van der Waals surface area (Å²) < 4.78 is 18.9. The minimum atomic E-state index is -0.323. The zero-order chi connectivity index (χ0) is 22.4. The van der Waals surface area contributed by atoms with Gasteiger partial charge >= 0.3 is 0 Å². The Kier molecular flexibility index (Phi) is 4.98. The first-order chi connectivity index (χ1) is 16.1. The number of hydrogen-bond acceptors (Lipinski definition) is 5. The van der Waals surface area contributed by atoms with E-state index in [-0.39, 0.29) is 17.6 Å². The number of fused-ring (bicyclic) bond motifs is 2. The number of H-pyrrole nitrogens is 2. The van der Waals surface area contributed by atoms with Crippen LogP contribution in [-0.4, -0.2) is 63.3 Å². The van der Waals surface area contributed by atoms with Crippen molar-refractivity contribution >= 4 is 33.7 Å². The molecule has 0 unspecified atom stereocenters. The highest BCUT2D eigenvalue weighted by Gasteiger charge is 2.30. The summed E-state index contributed by atoms with van der Waals surface area (Å²) in [5.41, 5.74) is 2.82. The number of nitrogens with one attached hydrogen (secondary N) is 3. The highest BCUT2D eigenvalue weighted by Crippen LogP contribution is 2.30. The Morgan fingerprint density at radius 3 is 2.91 bits per heavy atom. The van der Waals surface area contributed by atoms with E-state index in [0.717, 1.165) is 60.4 Å². The Hall–Kier alpha value is -3.46. The number of hydrogen-bond donors (Lipinski definition) is 3. The van der Waals surface area contributed by atoms with Crippen molar-refractivity contribution < 1.29 is 13.9 Å². The minimum Gasteiger partial charge on any atom is -0.381 e. The molecule has 3 aromatic heterocycles. The van der Waals surface area contributed by atoms with Crippen LogP contribution in [0.15, 0.2) is 36.4 Å². The first-order valence-electron chi connectivity index (χ1n) is 11.4. The lowest BCUT2D eigenvalue weighted by Crippen LogP contribution is -2.28. The zero-order valence-electron chi connectivity index (χ0n) is 18.1. The molecular weight excluding hydrogens is 423 g/mol. The molecule has 4 aromatic rings. The van der Waals surface area contributed by atoms with Gasteiger partial charge in [-0.3, -0.25) is 9.89 Å². The van der Waals surface area contributed by atoms with Gasteiger partial charge in [0.1, 0.15) is 11.5 Å². The van der Waals surface area contributed by atoms with Crippen molar-refractivity contribution in [3.05, 3.63) is 53.6 Å². The molecule has 0 radical (unpaired) electrons. The van der Waals surface area contributed by atoms with Gasteiger partial charge in [0.25, 0.3) is 5.91 Å². The van der Waals surface area contributed by atoms with Crippen LogP contribution < -0.4 is 5.32 Å². The molecule has 3 N–H and O–H groups in total. The fraction of sp³-hybridized carbons (Fsp3) is 0.375. The first-order valence-corrected chi connectivity index (χ1v) is 11.4. The van der Waals surface area contributed by atoms with E-state index in [1.165, 1.54) is 12.1 Å². The fourth-order valence-electron chi connectivity index (χ4n) is 4.86. The van der Waals surface area contributed by atoms with Crippen molar-refractivity contribution in [3.8, 4) is 0 Å². The lowest BCUT2D eigenvalue weighted by atomic mass is 10.0. The van der Waals surface area contributed by atoms with E-state index in [2.05, 4.69) is 26.6 Å². The SMILES string of the molecule is O=C(c1cc2ccc(F)cc2[nH]1)N1CC[C@H](c2ccc3c(NC4CCOCC4)n[nH]c3n2)C1. The molecule has 2 saturated heterocycles. The summed E-state index contributed by atoms with van der Waals surface area (Å²) in [4.78, 5) is 22.7. The molecule has 0 aliphatic carbocycles. The van der Waals surface area contributed by atoms with E-state index in [9.17, 15) is 9.18 Å². The van der Waals surface area contributed by atoms with Gasteiger partial charge in [0.05, 0.1) is 5.39 Å². The first kappa shape index (κ1) is 20.2. The van der Waals surface area contributed by atoms with E-state index >= 15 is 0 Å². The number of carbonyl (C=O) groups is 1. The molecule has 2 fully saturated rings. The van der Waals surface area contributed by atoms with Crippen LogP contribution in [-0.2, 0) is 4.74 Å². The van der Waals surface area contributed by atoms with Crippen molar-refractivity contribution in [3.63, 3.8) is 0 Å². The maximum absolute atomic E-state index is 13.5. The molecule has 170 valence electrons. The van der Waals surface area contributed by atoms with E-state index in [1.807, 2.05) is 11.0 Å². The fourth-order valence-corrected chi connectivity index (χ4v) is 4.86. The molecule has 0 spiro atoms. The number of pyridine rings is 1. The quantitative estimate of drug-likeness (QED) is 0.441. The molecule has 1 aromatic carbocycles. The summed E-state index contributed by atoms with van der Waals surface area (Å²) in [6, 6.07) is 10.7. The number of ether oxygens (including phenoxy) is 1. The van der Waals surface area contributed by atoms with Crippen molar-refractivity contribution in [2.75, 3.05) is 31.6 Å². The van der Waals surface area contributed by atoms with Crippen molar-refractivity contribution in [1.29, 1.82) is 0 Å². The van der Waals surface area contributed by atoms with Gasteiger partial charge in [0.2, 0.25) is 0 Å². The van der Waals surface area contributed by atoms with Gasteiger partial charge in [0.15, 0.2) is 11.5 Å². The minimum absolute atomic E-state index is 0.0697. The third-order valence-corrected chi connectivity index (χ3v) is 6.72. The number of benzene rings is 1. The number of halogens is 1. The third-order valence-electron chi connectivity index (χ3n) is 6.72. The second kappa shape index (κ2) is 8.15. The Bertz CT molecular complexity index is 1330. The van der Waals surface area contributed by atoms with Crippen molar-refractivity contribution in [2.24, 2.45) is 0 Å². The Morgan fingerprint density at radius 1 is 1.15 bits per heavy atom. The van der Waals surface area contributed by atoms with Gasteiger partial charge < -0.3 is 19.9 Å². The zero-order valence-corrected chi connectivity index (χ0v) is 18.1. The Morgan fingerprint density at radius 2 is 2.03 bits per heavy atom. The molecule has 9 heteroatoms. The maximum Gasteiger partial charge on any atom is 0.270 e. The molecule has 8 nitrogen and oxygen atoms in total. The summed E-state index contributed by atoms with van der Waals surface area (Å²) in [6.45, 7) is 2.80. The third kappa shape index (κ3) is 3.82. The number of amides is 1. The molecule has 2 aliphatic rings. The van der Waals surface area contributed by atoms with Crippen molar-refractivity contribution in [1.82, 2.24) is 25.1 Å². The van der Waals surface area contributed by atoms with Crippen LogP contribution in [0.25, 0.3) is 21.9 Å². The number of aromatic amines is 2. The van der Waals surface area contributed by atoms with Gasteiger partial charge in [-0.25, -0.2) is 9.37 Å². The van der Waals surface area contributed by atoms with Gasteiger partial charge in [-0.15, -0.1) is 0 Å². The smallest absolute Gasteiger partial charge is 0.270 e. The largest absolute Gasteiger partial charge is 0.381 e. The summed E-state index contributed by atoms with van der Waals surface area (Å²) in [7, 11) is 0. The maximum atomic E-state index is 13.5. The second-order valence-corrected chi connectivity index (χ2v) is 8.89. The van der Waals surface area contributed by atoms with E-state index in [4.69, 9.17) is 9.72 Å². The number of aromatic nitrogens is 4. The molecule has 1 amide bonds. The molecule has 0 saturated carbocycles. The average Bonchev–Trinajstić information content (AvgIpc) is 3.57.